The number of benzene rings is 2. The molecule has 110 valence electrons. The van der Waals surface area contributed by atoms with Crippen LogP contribution in [0.25, 0.3) is 0 Å². The molecule has 3 nitrogen and oxygen atoms in total. The van der Waals surface area contributed by atoms with Crippen molar-refractivity contribution >= 4 is 17.6 Å². The van der Waals surface area contributed by atoms with Crippen LogP contribution in [0.5, 0.6) is 5.75 Å². The number of carbonyl (C=O) groups is 1. The molecule has 2 aromatic rings. The van der Waals surface area contributed by atoms with Gasteiger partial charge in [0.25, 0.3) is 0 Å². The molecule has 0 fully saturated rings. The molecule has 1 N–H and O–H groups in total. The van der Waals surface area contributed by atoms with E-state index in [1.807, 2.05) is 0 Å². The predicted octanol–water partition coefficient (Wildman–Crippen LogP) is 4.37. The summed E-state index contributed by atoms with van der Waals surface area (Å²) in [4.78, 5) is 11.0. The van der Waals surface area contributed by atoms with E-state index >= 15 is 0 Å². The van der Waals surface area contributed by atoms with Crippen molar-refractivity contribution in [3.05, 3.63) is 63.4 Å². The van der Waals surface area contributed by atoms with Crippen molar-refractivity contribution in [1.29, 1.82) is 0 Å². The molecule has 0 bridgehead atoms. The molecule has 2 rings (SSSR count). The molecule has 21 heavy (non-hydrogen) atoms. The SMILES string of the molecule is Cc1cc(C(=O)O)cc(C)c1OCc1ccc(F)cc1Cl. The highest BCUT2D eigenvalue weighted by molar-refractivity contribution is 6.31. The van der Waals surface area contributed by atoms with E-state index in [0.717, 1.165) is 11.1 Å². The molecule has 0 aliphatic carbocycles. The van der Waals surface area contributed by atoms with E-state index in [1.165, 1.54) is 12.1 Å². The molecule has 0 saturated heterocycles. The highest BCUT2D eigenvalue weighted by Crippen LogP contribution is 2.27. The molecule has 0 aliphatic heterocycles. The monoisotopic (exact) mass is 308 g/mol. The first-order valence-electron chi connectivity index (χ1n) is 6.29. The standard InChI is InChI=1S/C16H14ClFO3/c1-9-5-12(16(19)20)6-10(2)15(9)21-8-11-3-4-13(18)7-14(11)17/h3-7H,8H2,1-2H3,(H,19,20). The van der Waals surface area contributed by atoms with Gasteiger partial charge in [0.1, 0.15) is 18.2 Å². The molecular formula is C16H14ClFO3. The first-order valence-corrected chi connectivity index (χ1v) is 6.67. The average molecular weight is 309 g/mol. The van der Waals surface area contributed by atoms with Gasteiger partial charge >= 0.3 is 5.97 Å². The van der Waals surface area contributed by atoms with E-state index in [2.05, 4.69) is 0 Å². The molecule has 0 aromatic heterocycles. The van der Waals surface area contributed by atoms with E-state index in [1.54, 1.807) is 32.0 Å². The summed E-state index contributed by atoms with van der Waals surface area (Å²) in [6.07, 6.45) is 0. The van der Waals surface area contributed by atoms with Gasteiger partial charge in [0, 0.05) is 5.56 Å². The molecule has 0 spiro atoms. The Hall–Kier alpha value is -2.07. The van der Waals surface area contributed by atoms with E-state index in [4.69, 9.17) is 21.4 Å². The number of carboxylic acid groups (broad SMARTS) is 1. The Labute approximate surface area is 126 Å². The number of halogens is 2. The summed E-state index contributed by atoms with van der Waals surface area (Å²) in [5, 5.41) is 9.30. The Morgan fingerprint density at radius 2 is 1.86 bits per heavy atom. The third-order valence-corrected chi connectivity index (χ3v) is 3.45. The maximum atomic E-state index is 13.0. The van der Waals surface area contributed by atoms with Crippen LogP contribution in [0.2, 0.25) is 5.02 Å². The van der Waals surface area contributed by atoms with Crippen LogP contribution in [-0.2, 0) is 6.61 Å². The summed E-state index contributed by atoms with van der Waals surface area (Å²) >= 11 is 5.94. The fraction of sp³-hybridized carbons (Fsp3) is 0.188. The molecule has 0 unspecified atom stereocenters. The summed E-state index contributed by atoms with van der Waals surface area (Å²) in [5.41, 5.74) is 2.34. The normalized spacial score (nSPS) is 10.5. The number of aryl methyl sites for hydroxylation is 2. The summed E-state index contributed by atoms with van der Waals surface area (Å²) in [7, 11) is 0. The second-order valence-corrected chi connectivity index (χ2v) is 5.18. The summed E-state index contributed by atoms with van der Waals surface area (Å²) in [6.45, 7) is 3.75. The smallest absolute Gasteiger partial charge is 0.335 e. The highest BCUT2D eigenvalue weighted by Gasteiger charge is 2.11. The van der Waals surface area contributed by atoms with Crippen molar-refractivity contribution in [3.8, 4) is 5.75 Å². The third kappa shape index (κ3) is 3.52. The maximum absolute atomic E-state index is 13.0. The van der Waals surface area contributed by atoms with Gasteiger partial charge in [-0.25, -0.2) is 9.18 Å². The van der Waals surface area contributed by atoms with Crippen LogP contribution in [0.3, 0.4) is 0 Å². The van der Waals surface area contributed by atoms with Gasteiger partial charge in [-0.05, 0) is 49.2 Å². The minimum absolute atomic E-state index is 0.188. The number of aromatic carboxylic acids is 1. The van der Waals surface area contributed by atoms with Gasteiger partial charge in [0.05, 0.1) is 10.6 Å². The number of hydrogen-bond acceptors (Lipinski definition) is 2. The lowest BCUT2D eigenvalue weighted by Crippen LogP contribution is -2.03. The Morgan fingerprint density at radius 1 is 1.24 bits per heavy atom. The number of ether oxygens (including phenoxy) is 1. The van der Waals surface area contributed by atoms with Crippen molar-refractivity contribution < 1.29 is 19.0 Å². The minimum Gasteiger partial charge on any atom is -0.488 e. The highest BCUT2D eigenvalue weighted by atomic mass is 35.5. The Balaban J connectivity index is 2.22. The zero-order valence-electron chi connectivity index (χ0n) is 11.6. The Morgan fingerprint density at radius 3 is 2.38 bits per heavy atom. The van der Waals surface area contributed by atoms with Crippen molar-refractivity contribution in [2.75, 3.05) is 0 Å². The molecule has 0 aliphatic rings. The minimum atomic E-state index is -0.977. The van der Waals surface area contributed by atoms with Gasteiger partial charge in [0.2, 0.25) is 0 Å². The summed E-state index contributed by atoms with van der Waals surface area (Å²) in [6, 6.07) is 7.22. The van der Waals surface area contributed by atoms with Crippen LogP contribution < -0.4 is 4.74 Å². The van der Waals surface area contributed by atoms with E-state index in [0.29, 0.717) is 16.3 Å². The van der Waals surface area contributed by atoms with Gasteiger partial charge in [-0.15, -0.1) is 0 Å². The van der Waals surface area contributed by atoms with E-state index in [9.17, 15) is 9.18 Å². The second kappa shape index (κ2) is 6.14. The van der Waals surface area contributed by atoms with Crippen LogP contribution in [-0.4, -0.2) is 11.1 Å². The van der Waals surface area contributed by atoms with Crippen LogP contribution in [0.1, 0.15) is 27.0 Å². The number of rotatable bonds is 4. The zero-order valence-corrected chi connectivity index (χ0v) is 12.4. The lowest BCUT2D eigenvalue weighted by Gasteiger charge is -2.14. The molecule has 0 amide bonds. The van der Waals surface area contributed by atoms with Crippen LogP contribution >= 0.6 is 11.6 Å². The molecule has 0 heterocycles. The average Bonchev–Trinajstić information content (AvgIpc) is 2.39. The van der Waals surface area contributed by atoms with Crippen molar-refractivity contribution in [2.24, 2.45) is 0 Å². The first kappa shape index (κ1) is 15.3. The zero-order chi connectivity index (χ0) is 15.6. The summed E-state index contributed by atoms with van der Waals surface area (Å²) in [5.74, 6) is -0.767. The molecule has 0 saturated carbocycles. The lowest BCUT2D eigenvalue weighted by atomic mass is 10.1. The maximum Gasteiger partial charge on any atom is 0.335 e. The van der Waals surface area contributed by atoms with E-state index < -0.39 is 11.8 Å². The predicted molar refractivity (Wildman–Crippen MR) is 78.6 cm³/mol. The Kier molecular flexibility index (Phi) is 4.48. The molecule has 0 atom stereocenters. The molecule has 5 heteroatoms. The van der Waals surface area contributed by atoms with Crippen molar-refractivity contribution in [2.45, 2.75) is 20.5 Å². The molecule has 2 aromatic carbocycles. The van der Waals surface area contributed by atoms with Gasteiger partial charge in [-0.2, -0.15) is 0 Å². The number of carboxylic acids is 1. The third-order valence-electron chi connectivity index (χ3n) is 3.09. The van der Waals surface area contributed by atoms with Gasteiger partial charge < -0.3 is 9.84 Å². The first-order chi connectivity index (χ1) is 9.88. The van der Waals surface area contributed by atoms with Crippen LogP contribution in [0.15, 0.2) is 30.3 Å². The topological polar surface area (TPSA) is 46.5 Å². The fourth-order valence-electron chi connectivity index (χ4n) is 2.09. The van der Waals surface area contributed by atoms with Gasteiger partial charge in [-0.3, -0.25) is 0 Å². The van der Waals surface area contributed by atoms with Crippen LogP contribution in [0.4, 0.5) is 4.39 Å². The van der Waals surface area contributed by atoms with Crippen molar-refractivity contribution in [1.82, 2.24) is 0 Å². The van der Waals surface area contributed by atoms with Gasteiger partial charge in [-0.1, -0.05) is 17.7 Å². The Bertz CT molecular complexity index is 675. The molecular weight excluding hydrogens is 295 g/mol. The second-order valence-electron chi connectivity index (χ2n) is 4.77. The quantitative estimate of drug-likeness (QED) is 0.912. The van der Waals surface area contributed by atoms with E-state index in [-0.39, 0.29) is 12.2 Å². The lowest BCUT2D eigenvalue weighted by molar-refractivity contribution is 0.0696. The number of hydrogen-bond donors (Lipinski definition) is 1. The van der Waals surface area contributed by atoms with Crippen LogP contribution in [0, 0.1) is 19.7 Å². The van der Waals surface area contributed by atoms with Crippen molar-refractivity contribution in [3.63, 3.8) is 0 Å². The molecule has 0 radical (unpaired) electrons. The summed E-state index contributed by atoms with van der Waals surface area (Å²) < 4.78 is 18.7. The fourth-order valence-corrected chi connectivity index (χ4v) is 2.31. The largest absolute Gasteiger partial charge is 0.488 e. The van der Waals surface area contributed by atoms with Gasteiger partial charge in [0.15, 0.2) is 0 Å².